The Kier molecular flexibility index (Phi) is 23.8. The van der Waals surface area contributed by atoms with Crippen molar-refractivity contribution in [3.05, 3.63) is 272 Å². The number of ketones is 2. The monoisotopic (exact) mass is 1370 g/mol. The molecule has 2 atom stereocenters. The second-order valence-electron chi connectivity index (χ2n) is 20.2. The van der Waals surface area contributed by atoms with Gasteiger partial charge in [-0.25, -0.2) is 22.4 Å². The molecule has 0 radical (unpaired) electrons. The molecular weight excluding hydrogens is 1320 g/mol. The molecule has 0 aliphatic carbocycles. The second kappa shape index (κ2) is 30.2. The van der Waals surface area contributed by atoms with Crippen molar-refractivity contribution in [3.63, 3.8) is 0 Å². The van der Waals surface area contributed by atoms with Crippen LogP contribution in [0.15, 0.2) is 182 Å². The lowest BCUT2D eigenvalue weighted by Crippen LogP contribution is -2.35. The summed E-state index contributed by atoms with van der Waals surface area (Å²) in [4.78, 5) is 50.3. The molecule has 0 amide bonds. The molecule has 0 fully saturated rings. The molecule has 0 saturated heterocycles. The highest BCUT2D eigenvalue weighted by atomic mass is 35.5. The SMILES string of the molecule is ClCCl.O=C(F)c1ccc([C@](CC(=O)c2ccc(F)c(C(F)(F)F)c2)(Cc2ccccc2)c2cc(F)cc(OC(F)(F)C(F)F)c2)cc1.O=C(O)c1ccc([C@](CC(=O)c2ccc(F)c(C(F)(F)F)c2)(Cc2ccccc2)c2cc(F)cc(OC(F)(F)C(F)F)c2)cc1. The van der Waals surface area contributed by atoms with Gasteiger partial charge in [0.15, 0.2) is 11.6 Å². The summed E-state index contributed by atoms with van der Waals surface area (Å²) >= 11 is 9.53. The fourth-order valence-electron chi connectivity index (χ4n) is 9.80. The molecule has 8 aromatic carbocycles. The number of carboxylic acids is 1. The zero-order chi connectivity index (χ0) is 69.0. The van der Waals surface area contributed by atoms with Crippen LogP contribution in [-0.4, -0.2) is 59.1 Å². The molecule has 0 aliphatic heterocycles. The van der Waals surface area contributed by atoms with Crippen molar-refractivity contribution in [2.24, 2.45) is 0 Å². The molecule has 0 aromatic heterocycles. The first-order valence-electron chi connectivity index (χ1n) is 26.4. The Bertz CT molecular complexity index is 3660. The molecular formula is C65H43Cl2F19O7. The van der Waals surface area contributed by atoms with Crippen molar-refractivity contribution < 1.29 is 117 Å². The molecule has 0 unspecified atom stereocenters. The highest BCUT2D eigenvalue weighted by molar-refractivity contribution is 6.40. The van der Waals surface area contributed by atoms with Crippen molar-refractivity contribution in [1.82, 2.24) is 0 Å². The third kappa shape index (κ3) is 18.7. The zero-order valence-corrected chi connectivity index (χ0v) is 48.4. The van der Waals surface area contributed by atoms with Crippen molar-refractivity contribution in [3.8, 4) is 11.5 Å². The third-order valence-corrected chi connectivity index (χ3v) is 14.0. The van der Waals surface area contributed by atoms with Crippen molar-refractivity contribution in [2.75, 3.05) is 5.34 Å². The maximum atomic E-state index is 15.0. The predicted molar refractivity (Wildman–Crippen MR) is 300 cm³/mol. The maximum absolute atomic E-state index is 15.0. The lowest BCUT2D eigenvalue weighted by atomic mass is 9.66. The van der Waals surface area contributed by atoms with E-state index in [1.54, 1.807) is 60.7 Å². The van der Waals surface area contributed by atoms with Crippen LogP contribution >= 0.6 is 23.2 Å². The normalized spacial score (nSPS) is 13.2. The fourth-order valence-corrected chi connectivity index (χ4v) is 9.80. The summed E-state index contributed by atoms with van der Waals surface area (Å²) in [7, 11) is 0. The van der Waals surface area contributed by atoms with Gasteiger partial charge < -0.3 is 14.6 Å². The van der Waals surface area contributed by atoms with E-state index < -0.39 is 147 Å². The van der Waals surface area contributed by atoms with Gasteiger partial charge in [-0.3, -0.25) is 14.4 Å². The van der Waals surface area contributed by atoms with Crippen LogP contribution in [0, 0.1) is 23.3 Å². The Morgan fingerprint density at radius 2 is 0.742 bits per heavy atom. The molecule has 0 bridgehead atoms. The summed E-state index contributed by atoms with van der Waals surface area (Å²) in [6.45, 7) is 0. The Hall–Kier alpha value is -8.91. The third-order valence-electron chi connectivity index (χ3n) is 14.0. The Labute approximate surface area is 524 Å². The zero-order valence-electron chi connectivity index (χ0n) is 46.8. The number of rotatable bonds is 22. The number of Topliss-reactive ketones (excluding diaryl/α,β-unsaturated/α-hetero) is 2. The molecule has 0 saturated carbocycles. The molecule has 8 rings (SSSR count). The van der Waals surface area contributed by atoms with Gasteiger partial charge in [-0.05, 0) is 131 Å². The lowest BCUT2D eigenvalue weighted by Gasteiger charge is -2.36. The molecule has 0 aliphatic rings. The van der Waals surface area contributed by atoms with Gasteiger partial charge in [0.05, 0.1) is 27.6 Å². The number of hydrogen-bond donors (Lipinski definition) is 1. The first kappa shape index (κ1) is 73.1. The maximum Gasteiger partial charge on any atom is 0.461 e. The molecule has 28 heteroatoms. The summed E-state index contributed by atoms with van der Waals surface area (Å²) in [5.74, 6) is -11.4. The van der Waals surface area contributed by atoms with Gasteiger partial charge >= 0.3 is 49.4 Å². The summed E-state index contributed by atoms with van der Waals surface area (Å²) in [6.07, 6.45) is -31.2. The fraction of sp³-hybridized carbons (Fsp3) is 0.200. The summed E-state index contributed by atoms with van der Waals surface area (Å²) in [6, 6.07) is 30.0. The van der Waals surface area contributed by atoms with Gasteiger partial charge in [-0.2, -0.15) is 65.9 Å². The van der Waals surface area contributed by atoms with E-state index in [4.69, 9.17) is 23.2 Å². The molecule has 0 spiro atoms. The number of hydrogen-bond acceptors (Lipinski definition) is 6. The number of aromatic carboxylic acids is 1. The standard InChI is InChI=1S/C32H20F10O3.C32H21F9O4.CH2Cl2/c33-23-13-22(14-24(15-23)45-32(41,42)29(36)37)30(16-18-4-2-1-3-5-18,21-9-6-19(7-10-21)28(35)44)17-27(43)20-8-11-26(34)25(12-20)31(38,39)40;33-23-13-22(14-24(15-23)45-32(40,41)29(35)36)30(16-18-4-2-1-3-5-18,21-9-6-19(7-10-21)28(43)44)17-27(42)20-8-11-26(34)25(12-20)31(37,38)39;2-1-3/h1-15,29H,16-17H2;1-15,29H,16-17H2,(H,43,44);1H2/t2*30-;/m11./s1. The van der Waals surface area contributed by atoms with Crippen LogP contribution in [0.1, 0.15) is 98.8 Å². The van der Waals surface area contributed by atoms with Gasteiger partial charge in [0.2, 0.25) is 0 Å². The van der Waals surface area contributed by atoms with Crippen LogP contribution in [0.2, 0.25) is 0 Å². The lowest BCUT2D eigenvalue weighted by molar-refractivity contribution is -0.253. The number of carboxylic acid groups (broad SMARTS) is 1. The van der Waals surface area contributed by atoms with E-state index in [0.29, 0.717) is 41.5 Å². The van der Waals surface area contributed by atoms with E-state index in [9.17, 15) is 103 Å². The van der Waals surface area contributed by atoms with E-state index in [1.807, 2.05) is 0 Å². The predicted octanol–water partition coefficient (Wildman–Crippen LogP) is 19.3. The summed E-state index contributed by atoms with van der Waals surface area (Å²) < 4.78 is 268. The first-order valence-corrected chi connectivity index (χ1v) is 27.5. The number of carbonyl (C=O) groups excluding carboxylic acids is 3. The number of halogens is 21. The summed E-state index contributed by atoms with van der Waals surface area (Å²) in [5, 5.41) is 9.58. The van der Waals surface area contributed by atoms with Gasteiger partial charge in [0, 0.05) is 46.9 Å². The van der Waals surface area contributed by atoms with E-state index in [0.717, 1.165) is 72.8 Å². The molecule has 492 valence electrons. The molecule has 8 aromatic rings. The van der Waals surface area contributed by atoms with E-state index >= 15 is 4.39 Å². The number of benzene rings is 8. The van der Waals surface area contributed by atoms with E-state index in [-0.39, 0.29) is 52.1 Å². The smallest absolute Gasteiger partial charge is 0.461 e. The Morgan fingerprint density at radius 1 is 0.419 bits per heavy atom. The molecule has 0 heterocycles. The van der Waals surface area contributed by atoms with Gasteiger partial charge in [0.25, 0.3) is 0 Å². The number of ether oxygens (including phenoxy) is 2. The minimum atomic E-state index is -5.18. The average molecular weight is 1370 g/mol. The molecule has 1 N–H and O–H groups in total. The van der Waals surface area contributed by atoms with E-state index in [2.05, 4.69) is 9.47 Å². The topological polar surface area (TPSA) is 107 Å². The highest BCUT2D eigenvalue weighted by Gasteiger charge is 2.47. The largest absolute Gasteiger partial charge is 0.478 e. The molecule has 93 heavy (non-hydrogen) atoms. The number of alkyl halides is 16. The van der Waals surface area contributed by atoms with Crippen LogP contribution in [0.4, 0.5) is 83.4 Å². The Balaban J connectivity index is 0.000000283. The first-order chi connectivity index (χ1) is 43.4. The highest BCUT2D eigenvalue weighted by Crippen LogP contribution is 2.46. The van der Waals surface area contributed by atoms with Gasteiger partial charge in [-0.1, -0.05) is 84.9 Å². The van der Waals surface area contributed by atoms with Crippen LogP contribution in [-0.2, 0) is 36.0 Å². The van der Waals surface area contributed by atoms with Crippen LogP contribution in [0.25, 0.3) is 0 Å². The Morgan fingerprint density at radius 3 is 1.04 bits per heavy atom. The average Bonchev–Trinajstić information content (AvgIpc) is 0.771. The van der Waals surface area contributed by atoms with Crippen LogP contribution < -0.4 is 9.47 Å². The summed E-state index contributed by atoms with van der Waals surface area (Å²) in [5.41, 5.74) is -8.73. The van der Waals surface area contributed by atoms with Crippen molar-refractivity contribution in [1.29, 1.82) is 0 Å². The van der Waals surface area contributed by atoms with E-state index in [1.165, 1.54) is 12.1 Å². The minimum Gasteiger partial charge on any atom is -0.478 e. The number of carbonyl (C=O) groups is 4. The second-order valence-corrected chi connectivity index (χ2v) is 21.0. The van der Waals surface area contributed by atoms with Crippen LogP contribution in [0.5, 0.6) is 11.5 Å². The van der Waals surface area contributed by atoms with Crippen molar-refractivity contribution in [2.45, 2.75) is 73.9 Å². The van der Waals surface area contributed by atoms with Gasteiger partial charge in [-0.15, -0.1) is 23.2 Å². The quantitative estimate of drug-likeness (QED) is 0.0312. The molecule has 7 nitrogen and oxygen atoms in total. The minimum absolute atomic E-state index is 0.0278. The van der Waals surface area contributed by atoms with Gasteiger partial charge in [0.1, 0.15) is 34.8 Å². The van der Waals surface area contributed by atoms with Crippen molar-refractivity contribution >= 4 is 46.8 Å². The van der Waals surface area contributed by atoms with Crippen LogP contribution in [0.3, 0.4) is 0 Å².